The number of phenols is 1. The van der Waals surface area contributed by atoms with Gasteiger partial charge in [0.15, 0.2) is 5.76 Å². The number of aromatic hydroxyl groups is 1. The van der Waals surface area contributed by atoms with Crippen molar-refractivity contribution in [3.05, 3.63) is 137 Å². The van der Waals surface area contributed by atoms with Crippen LogP contribution in [0.15, 0.2) is 121 Å². The number of phenolic OH excluding ortho intramolecular Hbond substituents is 1. The summed E-state index contributed by atoms with van der Waals surface area (Å²) in [4.78, 5) is 33.9. The zero-order valence-electron chi connectivity index (χ0n) is 21.9. The number of aromatic nitrogens is 1. The number of benzene rings is 4. The molecule has 1 atom stereocenters. The molecule has 0 bridgehead atoms. The first-order valence-corrected chi connectivity index (χ1v) is 13.7. The Bertz CT molecular complexity index is 1760. The molecule has 41 heavy (non-hydrogen) atoms. The Morgan fingerprint density at radius 1 is 0.829 bits per heavy atom. The molecule has 0 saturated carbocycles. The highest BCUT2D eigenvalue weighted by molar-refractivity contribution is 7.17. The number of para-hydroxylation sites is 1. The Hall–Kier alpha value is -5.21. The second-order valence-corrected chi connectivity index (χ2v) is 10.5. The Morgan fingerprint density at radius 2 is 1.44 bits per heavy atom. The van der Waals surface area contributed by atoms with Gasteiger partial charge in [0, 0.05) is 11.3 Å². The molecule has 4 aromatic carbocycles. The van der Waals surface area contributed by atoms with Crippen molar-refractivity contribution in [3.63, 3.8) is 0 Å². The maximum Gasteiger partial charge on any atom is 0.294 e. The van der Waals surface area contributed by atoms with Crippen molar-refractivity contribution in [2.45, 2.75) is 13.0 Å². The molecule has 0 aliphatic carbocycles. The molecule has 202 valence electrons. The number of amides is 1. The highest BCUT2D eigenvalue weighted by Crippen LogP contribution is 2.44. The second-order valence-electron chi connectivity index (χ2n) is 9.47. The number of Topliss-reactive ketones (excluding diaryl/α,β-unsaturated/α-hetero) is 1. The van der Waals surface area contributed by atoms with E-state index in [1.807, 2.05) is 60.7 Å². The number of nitrogens with zero attached hydrogens (tertiary/aromatic N) is 2. The molecule has 0 radical (unpaired) electrons. The molecule has 1 aromatic heterocycles. The quantitative estimate of drug-likeness (QED) is 0.201. The third kappa shape index (κ3) is 4.97. The minimum absolute atomic E-state index is 0.0407. The number of carbonyl (C=O) groups is 2. The molecule has 0 spiro atoms. The average molecular weight is 561 g/mol. The van der Waals surface area contributed by atoms with Crippen LogP contribution in [0.2, 0.25) is 0 Å². The summed E-state index contributed by atoms with van der Waals surface area (Å²) >= 11 is 1.22. The predicted molar refractivity (Wildman–Crippen MR) is 158 cm³/mol. The number of aliphatic hydroxyl groups is 1. The van der Waals surface area contributed by atoms with Crippen molar-refractivity contribution in [1.29, 1.82) is 0 Å². The summed E-state index contributed by atoms with van der Waals surface area (Å²) in [6.07, 6.45) is 0. The number of aliphatic hydroxyl groups excluding tert-OH is 1. The number of aryl methyl sites for hydroxylation is 1. The van der Waals surface area contributed by atoms with Crippen molar-refractivity contribution in [2.75, 3.05) is 4.90 Å². The fraction of sp³-hybridized carbons (Fsp3) is 0.0606. The summed E-state index contributed by atoms with van der Waals surface area (Å²) in [6.45, 7) is 1.74. The third-order valence-electron chi connectivity index (χ3n) is 6.78. The molecule has 6 rings (SSSR count). The number of carbonyl (C=O) groups excluding carboxylic acids is 2. The van der Waals surface area contributed by atoms with Gasteiger partial charge in [0.05, 0.1) is 22.2 Å². The first-order chi connectivity index (χ1) is 19.9. The van der Waals surface area contributed by atoms with E-state index in [1.54, 1.807) is 43.3 Å². The molecular weight excluding hydrogens is 536 g/mol. The zero-order valence-corrected chi connectivity index (χ0v) is 22.7. The molecule has 5 aromatic rings. The summed E-state index contributed by atoms with van der Waals surface area (Å²) in [5.41, 5.74) is 2.36. The molecule has 1 aliphatic heterocycles. The van der Waals surface area contributed by atoms with Gasteiger partial charge in [-0.15, -0.1) is 11.3 Å². The lowest BCUT2D eigenvalue weighted by Crippen LogP contribution is -2.31. The van der Waals surface area contributed by atoms with E-state index in [4.69, 9.17) is 4.74 Å². The standard InChI is InChI=1S/C33H24N2O5S/c1-20-31(41-32(34-20)22-8-4-2-5-9-22)29(37)27-28(21-12-16-24(36)17-13-21)35(33(39)30(27)38)23-14-18-26(19-15-23)40-25-10-6-3-7-11-25/h2-19,28,36,38H,1H3. The largest absolute Gasteiger partial charge is 0.508 e. The molecule has 0 fully saturated rings. The number of ketones is 1. The Labute approximate surface area is 240 Å². The number of thiazole rings is 1. The van der Waals surface area contributed by atoms with Crippen LogP contribution in [0.4, 0.5) is 5.69 Å². The van der Waals surface area contributed by atoms with Crippen LogP contribution in [0.3, 0.4) is 0 Å². The van der Waals surface area contributed by atoms with Crippen LogP contribution < -0.4 is 9.64 Å². The van der Waals surface area contributed by atoms with Crippen molar-refractivity contribution in [2.24, 2.45) is 0 Å². The summed E-state index contributed by atoms with van der Waals surface area (Å²) < 4.78 is 5.89. The van der Waals surface area contributed by atoms with E-state index in [0.29, 0.717) is 38.3 Å². The average Bonchev–Trinajstić information content (AvgIpc) is 3.51. The zero-order chi connectivity index (χ0) is 28.5. The normalized spacial score (nSPS) is 14.9. The number of hydrogen-bond donors (Lipinski definition) is 2. The number of ether oxygens (including phenoxy) is 1. The summed E-state index contributed by atoms with van der Waals surface area (Å²) in [6, 6.07) is 31.0. The van der Waals surface area contributed by atoms with Gasteiger partial charge in [0.25, 0.3) is 5.91 Å². The lowest BCUT2D eigenvalue weighted by atomic mass is 9.94. The van der Waals surface area contributed by atoms with Crippen molar-refractivity contribution in [1.82, 2.24) is 4.98 Å². The summed E-state index contributed by atoms with van der Waals surface area (Å²) in [7, 11) is 0. The molecule has 2 N–H and O–H groups in total. The first kappa shape index (κ1) is 26.0. The van der Waals surface area contributed by atoms with Gasteiger partial charge in [-0.1, -0.05) is 60.7 Å². The molecule has 1 unspecified atom stereocenters. The van der Waals surface area contributed by atoms with E-state index in [2.05, 4.69) is 4.98 Å². The van der Waals surface area contributed by atoms with Gasteiger partial charge in [-0.25, -0.2) is 4.98 Å². The van der Waals surface area contributed by atoms with E-state index < -0.39 is 23.5 Å². The number of anilines is 1. The minimum Gasteiger partial charge on any atom is -0.508 e. The molecule has 1 aliphatic rings. The fourth-order valence-corrected chi connectivity index (χ4v) is 5.83. The van der Waals surface area contributed by atoms with Gasteiger partial charge < -0.3 is 14.9 Å². The van der Waals surface area contributed by atoms with Crippen LogP contribution in [-0.2, 0) is 4.79 Å². The van der Waals surface area contributed by atoms with Crippen LogP contribution in [0.1, 0.15) is 27.0 Å². The maximum absolute atomic E-state index is 14.1. The molecular formula is C33H24N2O5S. The van der Waals surface area contributed by atoms with Crippen molar-refractivity contribution in [3.8, 4) is 27.8 Å². The smallest absolute Gasteiger partial charge is 0.294 e. The monoisotopic (exact) mass is 560 g/mol. The number of hydrogen-bond acceptors (Lipinski definition) is 7. The highest BCUT2D eigenvalue weighted by Gasteiger charge is 2.45. The SMILES string of the molecule is Cc1nc(-c2ccccc2)sc1C(=O)C1=C(O)C(=O)N(c2ccc(Oc3ccccc3)cc2)C1c1ccc(O)cc1. The van der Waals surface area contributed by atoms with E-state index in [0.717, 1.165) is 5.56 Å². The van der Waals surface area contributed by atoms with Crippen LogP contribution in [0.25, 0.3) is 10.6 Å². The Kier molecular flexibility index (Phi) is 6.83. The second kappa shape index (κ2) is 10.7. The van der Waals surface area contributed by atoms with Gasteiger partial charge in [0.2, 0.25) is 5.78 Å². The van der Waals surface area contributed by atoms with Gasteiger partial charge in [-0.05, 0) is 61.0 Å². The summed E-state index contributed by atoms with van der Waals surface area (Å²) in [5.74, 6) is -0.520. The predicted octanol–water partition coefficient (Wildman–Crippen LogP) is 7.40. The van der Waals surface area contributed by atoms with Crippen molar-refractivity contribution >= 4 is 28.7 Å². The minimum atomic E-state index is -0.932. The molecule has 1 amide bonds. The van der Waals surface area contributed by atoms with E-state index in [1.165, 1.54) is 28.4 Å². The molecule has 0 saturated heterocycles. The highest BCUT2D eigenvalue weighted by atomic mass is 32.1. The van der Waals surface area contributed by atoms with E-state index >= 15 is 0 Å². The Morgan fingerprint density at radius 3 is 2.10 bits per heavy atom. The summed E-state index contributed by atoms with van der Waals surface area (Å²) in [5, 5.41) is 21.7. The first-order valence-electron chi connectivity index (χ1n) is 12.9. The lowest BCUT2D eigenvalue weighted by molar-refractivity contribution is -0.117. The van der Waals surface area contributed by atoms with Gasteiger partial charge >= 0.3 is 0 Å². The molecule has 2 heterocycles. The fourth-order valence-electron chi connectivity index (χ4n) is 4.81. The number of rotatable bonds is 7. The molecule has 7 nitrogen and oxygen atoms in total. The van der Waals surface area contributed by atoms with Crippen molar-refractivity contribution < 1.29 is 24.5 Å². The molecule has 8 heteroatoms. The Balaban J connectivity index is 1.39. The third-order valence-corrected chi connectivity index (χ3v) is 7.98. The van der Waals surface area contributed by atoms with Gasteiger partial charge in [-0.3, -0.25) is 14.5 Å². The van der Waals surface area contributed by atoms with Crippen LogP contribution in [0.5, 0.6) is 17.2 Å². The van der Waals surface area contributed by atoms with E-state index in [-0.39, 0.29) is 11.3 Å². The maximum atomic E-state index is 14.1. The van der Waals surface area contributed by atoms with Crippen LogP contribution in [-0.4, -0.2) is 26.9 Å². The van der Waals surface area contributed by atoms with Gasteiger partial charge in [0.1, 0.15) is 22.3 Å². The topological polar surface area (TPSA) is 100.0 Å². The van der Waals surface area contributed by atoms with Crippen LogP contribution in [0, 0.1) is 6.92 Å². The van der Waals surface area contributed by atoms with E-state index in [9.17, 15) is 19.8 Å². The van der Waals surface area contributed by atoms with Gasteiger partial charge in [-0.2, -0.15) is 0 Å². The lowest BCUT2D eigenvalue weighted by Gasteiger charge is -2.27. The van der Waals surface area contributed by atoms with Crippen LogP contribution >= 0.6 is 11.3 Å².